The standard InChI is InChI=1S/C12H9N5O2S2/c13-7-8-1-3-9(4-2-8)16-21(18,19)11-10(14)15-12-17(11)5-6-20-12/h1-6,16H,14H2. The average Bonchev–Trinajstić information content (AvgIpc) is 2.98. The first kappa shape index (κ1) is 13.4. The molecule has 2 aromatic heterocycles. The number of fused-ring (bicyclic) bond motifs is 1. The summed E-state index contributed by atoms with van der Waals surface area (Å²) in [4.78, 5) is 4.51. The van der Waals surface area contributed by atoms with Gasteiger partial charge in [0, 0.05) is 17.3 Å². The number of aromatic nitrogens is 2. The SMILES string of the molecule is N#Cc1ccc(NS(=O)(=O)c2c(N)nc3sccn23)cc1. The second kappa shape index (κ2) is 4.76. The van der Waals surface area contributed by atoms with Crippen molar-refractivity contribution in [2.45, 2.75) is 5.03 Å². The maximum atomic E-state index is 12.4. The lowest BCUT2D eigenvalue weighted by atomic mass is 10.2. The van der Waals surface area contributed by atoms with Crippen LogP contribution in [0.25, 0.3) is 4.96 Å². The zero-order chi connectivity index (χ0) is 15.0. The summed E-state index contributed by atoms with van der Waals surface area (Å²) in [5.41, 5.74) is 6.49. The Kier molecular flexibility index (Phi) is 3.04. The van der Waals surface area contributed by atoms with Crippen LogP contribution in [0.2, 0.25) is 0 Å². The third-order valence-electron chi connectivity index (χ3n) is 2.76. The quantitative estimate of drug-likeness (QED) is 0.762. The largest absolute Gasteiger partial charge is 0.381 e. The van der Waals surface area contributed by atoms with Crippen molar-refractivity contribution in [1.29, 1.82) is 5.26 Å². The van der Waals surface area contributed by atoms with Crippen molar-refractivity contribution in [2.24, 2.45) is 0 Å². The summed E-state index contributed by atoms with van der Waals surface area (Å²) in [7, 11) is -3.87. The molecule has 106 valence electrons. The Hall–Kier alpha value is -2.57. The van der Waals surface area contributed by atoms with E-state index in [1.165, 1.54) is 40.0 Å². The molecule has 3 rings (SSSR count). The molecule has 0 saturated carbocycles. The first-order chi connectivity index (χ1) is 10.0. The third kappa shape index (κ3) is 2.31. The molecule has 21 heavy (non-hydrogen) atoms. The zero-order valence-corrected chi connectivity index (χ0v) is 12.1. The molecule has 3 N–H and O–H groups in total. The van der Waals surface area contributed by atoms with Gasteiger partial charge in [-0.1, -0.05) is 0 Å². The number of thiazole rings is 1. The van der Waals surface area contributed by atoms with Gasteiger partial charge in [0.15, 0.2) is 10.8 Å². The smallest absolute Gasteiger partial charge is 0.281 e. The number of rotatable bonds is 3. The fourth-order valence-corrected chi connectivity index (χ4v) is 3.91. The normalized spacial score (nSPS) is 11.4. The van der Waals surface area contributed by atoms with Crippen molar-refractivity contribution in [3.63, 3.8) is 0 Å². The van der Waals surface area contributed by atoms with E-state index < -0.39 is 10.0 Å². The van der Waals surface area contributed by atoms with Crippen molar-refractivity contribution in [2.75, 3.05) is 10.5 Å². The fourth-order valence-electron chi connectivity index (χ4n) is 1.87. The third-order valence-corrected chi connectivity index (χ3v) is 4.94. The van der Waals surface area contributed by atoms with Crippen LogP contribution >= 0.6 is 11.3 Å². The summed E-state index contributed by atoms with van der Waals surface area (Å²) in [5.74, 6) is -0.0528. The van der Waals surface area contributed by atoms with Gasteiger partial charge in [0.25, 0.3) is 10.0 Å². The summed E-state index contributed by atoms with van der Waals surface area (Å²) in [6.07, 6.45) is 1.59. The summed E-state index contributed by atoms with van der Waals surface area (Å²) >= 11 is 1.29. The predicted octanol–water partition coefficient (Wildman–Crippen LogP) is 1.65. The molecule has 7 nitrogen and oxygen atoms in total. The van der Waals surface area contributed by atoms with Crippen LogP contribution in [-0.4, -0.2) is 17.8 Å². The lowest BCUT2D eigenvalue weighted by molar-refractivity contribution is 0.597. The molecule has 1 aromatic carbocycles. The van der Waals surface area contributed by atoms with E-state index in [1.807, 2.05) is 6.07 Å². The Bertz CT molecular complexity index is 948. The highest BCUT2D eigenvalue weighted by atomic mass is 32.2. The van der Waals surface area contributed by atoms with E-state index in [1.54, 1.807) is 11.6 Å². The molecule has 0 aliphatic heterocycles. The number of imidazole rings is 1. The topological polar surface area (TPSA) is 113 Å². The average molecular weight is 319 g/mol. The highest BCUT2D eigenvalue weighted by Crippen LogP contribution is 2.25. The summed E-state index contributed by atoms with van der Waals surface area (Å²) in [5, 5.41) is 10.4. The van der Waals surface area contributed by atoms with Gasteiger partial charge < -0.3 is 5.73 Å². The minimum absolute atomic E-state index is 0.0528. The highest BCUT2D eigenvalue weighted by molar-refractivity contribution is 7.92. The van der Waals surface area contributed by atoms with Crippen LogP contribution in [0.4, 0.5) is 11.5 Å². The van der Waals surface area contributed by atoms with Gasteiger partial charge in [-0.3, -0.25) is 9.12 Å². The number of benzene rings is 1. The molecule has 0 unspecified atom stereocenters. The van der Waals surface area contributed by atoms with Crippen LogP contribution in [0, 0.1) is 11.3 Å². The van der Waals surface area contributed by atoms with Crippen molar-refractivity contribution >= 4 is 37.8 Å². The first-order valence-electron chi connectivity index (χ1n) is 5.75. The van der Waals surface area contributed by atoms with E-state index in [2.05, 4.69) is 9.71 Å². The maximum Gasteiger partial charge on any atom is 0.281 e. The number of nitrogen functional groups attached to an aromatic ring is 1. The Morgan fingerprint density at radius 2 is 2.05 bits per heavy atom. The van der Waals surface area contributed by atoms with Gasteiger partial charge in [0.2, 0.25) is 5.03 Å². The molecule has 0 spiro atoms. The Morgan fingerprint density at radius 1 is 1.33 bits per heavy atom. The van der Waals surface area contributed by atoms with E-state index >= 15 is 0 Å². The van der Waals surface area contributed by atoms with Crippen LogP contribution in [0.1, 0.15) is 5.56 Å². The molecule has 0 saturated heterocycles. The molecular weight excluding hydrogens is 310 g/mol. The molecular formula is C12H9N5O2S2. The van der Waals surface area contributed by atoms with Crippen molar-refractivity contribution in [3.8, 4) is 6.07 Å². The lowest BCUT2D eigenvalue weighted by Gasteiger charge is -2.07. The Balaban J connectivity index is 2.02. The number of anilines is 2. The van der Waals surface area contributed by atoms with E-state index in [0.29, 0.717) is 16.2 Å². The molecule has 0 atom stereocenters. The second-order valence-corrected chi connectivity index (χ2v) is 6.62. The Morgan fingerprint density at radius 3 is 2.71 bits per heavy atom. The summed E-state index contributed by atoms with van der Waals surface area (Å²) in [6.45, 7) is 0. The van der Waals surface area contributed by atoms with E-state index in [9.17, 15) is 8.42 Å². The van der Waals surface area contributed by atoms with E-state index in [0.717, 1.165) is 0 Å². The van der Waals surface area contributed by atoms with Crippen molar-refractivity contribution in [1.82, 2.24) is 9.38 Å². The molecule has 0 bridgehead atoms. The number of sulfonamides is 1. The molecule has 0 radical (unpaired) electrons. The van der Waals surface area contributed by atoms with Crippen LogP contribution in [0.5, 0.6) is 0 Å². The lowest BCUT2D eigenvalue weighted by Crippen LogP contribution is -2.16. The van der Waals surface area contributed by atoms with E-state index in [-0.39, 0.29) is 10.8 Å². The van der Waals surface area contributed by atoms with Crippen LogP contribution < -0.4 is 10.5 Å². The molecule has 0 aliphatic rings. The molecule has 9 heteroatoms. The molecule has 0 fully saturated rings. The van der Waals surface area contributed by atoms with Crippen LogP contribution in [0.3, 0.4) is 0 Å². The second-order valence-electron chi connectivity index (χ2n) is 4.15. The van der Waals surface area contributed by atoms with Gasteiger partial charge >= 0.3 is 0 Å². The minimum atomic E-state index is -3.87. The number of nitrogens with zero attached hydrogens (tertiary/aromatic N) is 3. The van der Waals surface area contributed by atoms with Gasteiger partial charge in [0.1, 0.15) is 0 Å². The number of hydrogen-bond acceptors (Lipinski definition) is 6. The molecule has 3 aromatic rings. The number of nitrogens with one attached hydrogen (secondary N) is 1. The molecule has 0 amide bonds. The van der Waals surface area contributed by atoms with Crippen LogP contribution in [0.15, 0.2) is 40.9 Å². The monoisotopic (exact) mass is 319 g/mol. The summed E-state index contributed by atoms with van der Waals surface area (Å²) < 4.78 is 28.7. The zero-order valence-electron chi connectivity index (χ0n) is 10.5. The Labute approximate surface area is 124 Å². The fraction of sp³-hybridized carbons (Fsp3) is 0. The van der Waals surface area contributed by atoms with E-state index in [4.69, 9.17) is 11.0 Å². The van der Waals surface area contributed by atoms with Gasteiger partial charge in [-0.05, 0) is 24.3 Å². The van der Waals surface area contributed by atoms with Crippen molar-refractivity contribution < 1.29 is 8.42 Å². The van der Waals surface area contributed by atoms with Gasteiger partial charge in [-0.2, -0.15) is 13.7 Å². The summed E-state index contributed by atoms with van der Waals surface area (Å²) in [6, 6.07) is 8.04. The predicted molar refractivity (Wildman–Crippen MR) is 79.4 cm³/mol. The highest BCUT2D eigenvalue weighted by Gasteiger charge is 2.24. The molecule has 0 aliphatic carbocycles. The van der Waals surface area contributed by atoms with Gasteiger partial charge in [-0.15, -0.1) is 11.3 Å². The van der Waals surface area contributed by atoms with Crippen LogP contribution in [-0.2, 0) is 10.0 Å². The minimum Gasteiger partial charge on any atom is -0.381 e. The molecule has 2 heterocycles. The number of nitriles is 1. The van der Waals surface area contributed by atoms with Crippen molar-refractivity contribution in [3.05, 3.63) is 41.4 Å². The first-order valence-corrected chi connectivity index (χ1v) is 8.11. The number of nitrogens with two attached hydrogens (primary N) is 1. The van der Waals surface area contributed by atoms with Gasteiger partial charge in [0.05, 0.1) is 11.6 Å². The number of hydrogen-bond donors (Lipinski definition) is 2. The maximum absolute atomic E-state index is 12.4. The van der Waals surface area contributed by atoms with Gasteiger partial charge in [-0.25, -0.2) is 4.98 Å².